The zero-order valence-corrected chi connectivity index (χ0v) is 10.9. The van der Waals surface area contributed by atoms with Gasteiger partial charge in [0, 0.05) is 5.69 Å². The van der Waals surface area contributed by atoms with E-state index in [2.05, 4.69) is 15.5 Å². The van der Waals surface area contributed by atoms with E-state index in [0.29, 0.717) is 5.69 Å². The highest BCUT2D eigenvalue weighted by atomic mass is 16.2. The molecular formula is C13H17N5O. The van der Waals surface area contributed by atoms with Gasteiger partial charge in [0.05, 0.1) is 24.1 Å². The summed E-state index contributed by atoms with van der Waals surface area (Å²) in [7, 11) is 0. The van der Waals surface area contributed by atoms with Crippen LogP contribution in [0.25, 0.3) is 5.69 Å². The predicted octanol–water partition coefficient (Wildman–Crippen LogP) is 1.19. The number of carbonyl (C=O) groups is 1. The van der Waals surface area contributed by atoms with Gasteiger partial charge in [-0.1, -0.05) is 13.8 Å². The molecule has 2 aromatic rings. The third-order valence-electron chi connectivity index (χ3n) is 2.81. The minimum Gasteiger partial charge on any atom is -0.325 e. The number of aromatic nitrogens is 3. The zero-order chi connectivity index (χ0) is 13.8. The van der Waals surface area contributed by atoms with Gasteiger partial charge in [0.1, 0.15) is 0 Å². The van der Waals surface area contributed by atoms with Crippen molar-refractivity contribution in [3.8, 4) is 5.69 Å². The lowest BCUT2D eigenvalue weighted by molar-refractivity contribution is -0.118. The Bertz CT molecular complexity index is 533. The molecule has 0 spiro atoms. The molecule has 3 N–H and O–H groups in total. The summed E-state index contributed by atoms with van der Waals surface area (Å²) in [5.41, 5.74) is 7.31. The summed E-state index contributed by atoms with van der Waals surface area (Å²) < 4.78 is 0. The second-order valence-corrected chi connectivity index (χ2v) is 4.62. The molecule has 0 saturated heterocycles. The highest BCUT2D eigenvalue weighted by molar-refractivity contribution is 5.94. The average Bonchev–Trinajstić information content (AvgIpc) is 2.92. The van der Waals surface area contributed by atoms with Crippen LogP contribution in [0.4, 0.5) is 5.69 Å². The molecule has 0 aliphatic heterocycles. The fourth-order valence-electron chi connectivity index (χ4n) is 1.56. The zero-order valence-electron chi connectivity index (χ0n) is 10.9. The molecule has 0 bridgehead atoms. The van der Waals surface area contributed by atoms with Crippen molar-refractivity contribution in [2.24, 2.45) is 11.7 Å². The number of amides is 1. The van der Waals surface area contributed by atoms with Gasteiger partial charge in [-0.3, -0.25) is 4.79 Å². The van der Waals surface area contributed by atoms with Gasteiger partial charge in [0.2, 0.25) is 5.91 Å². The molecule has 0 aliphatic rings. The van der Waals surface area contributed by atoms with Crippen LogP contribution in [0.15, 0.2) is 36.7 Å². The van der Waals surface area contributed by atoms with Gasteiger partial charge in [-0.05, 0) is 30.2 Å². The first-order valence-electron chi connectivity index (χ1n) is 6.11. The van der Waals surface area contributed by atoms with Crippen molar-refractivity contribution >= 4 is 11.6 Å². The monoisotopic (exact) mass is 259 g/mol. The van der Waals surface area contributed by atoms with Crippen molar-refractivity contribution < 1.29 is 4.79 Å². The lowest BCUT2D eigenvalue weighted by Crippen LogP contribution is -2.39. The first-order valence-corrected chi connectivity index (χ1v) is 6.11. The Kier molecular flexibility index (Phi) is 3.91. The summed E-state index contributed by atoms with van der Waals surface area (Å²) in [5.74, 6) is -0.0764. The van der Waals surface area contributed by atoms with Gasteiger partial charge in [-0.25, -0.2) is 0 Å². The molecular weight excluding hydrogens is 242 g/mol. The molecule has 1 aromatic heterocycles. The summed E-state index contributed by atoms with van der Waals surface area (Å²) in [5, 5.41) is 10.8. The highest BCUT2D eigenvalue weighted by Gasteiger charge is 2.16. The summed E-state index contributed by atoms with van der Waals surface area (Å²) in [6.45, 7) is 3.83. The molecule has 0 saturated carbocycles. The number of nitrogens with zero attached hydrogens (tertiary/aromatic N) is 3. The van der Waals surface area contributed by atoms with Crippen molar-refractivity contribution in [2.45, 2.75) is 19.9 Å². The number of hydrogen-bond donors (Lipinski definition) is 2. The smallest absolute Gasteiger partial charge is 0.241 e. The van der Waals surface area contributed by atoms with Crippen LogP contribution in [0.2, 0.25) is 0 Å². The van der Waals surface area contributed by atoms with E-state index in [4.69, 9.17) is 5.73 Å². The molecule has 0 unspecified atom stereocenters. The van der Waals surface area contributed by atoms with E-state index in [1.807, 2.05) is 26.0 Å². The summed E-state index contributed by atoms with van der Waals surface area (Å²) in [6, 6.07) is 6.74. The standard InChI is InChI=1S/C13H17N5O/c1-9(2)12(14)13(19)17-10-3-5-11(6-4-10)18-15-7-8-16-18/h3-9,12H,14H2,1-2H3,(H,17,19)/t12-/m1/s1. The number of rotatable bonds is 4. The van der Waals surface area contributed by atoms with E-state index in [0.717, 1.165) is 5.69 Å². The summed E-state index contributed by atoms with van der Waals surface area (Å²) in [4.78, 5) is 13.3. The second kappa shape index (κ2) is 5.62. The van der Waals surface area contributed by atoms with Crippen molar-refractivity contribution in [2.75, 3.05) is 5.32 Å². The molecule has 1 amide bonds. The van der Waals surface area contributed by atoms with Crippen LogP contribution >= 0.6 is 0 Å². The molecule has 0 fully saturated rings. The first-order chi connectivity index (χ1) is 9.08. The maximum Gasteiger partial charge on any atom is 0.241 e. The van der Waals surface area contributed by atoms with Crippen LogP contribution in [0.5, 0.6) is 0 Å². The maximum atomic E-state index is 11.8. The molecule has 1 atom stereocenters. The van der Waals surface area contributed by atoms with Gasteiger partial charge in [0.25, 0.3) is 0 Å². The van der Waals surface area contributed by atoms with Gasteiger partial charge in [-0.15, -0.1) is 0 Å². The minimum absolute atomic E-state index is 0.104. The van der Waals surface area contributed by atoms with Gasteiger partial charge in [-0.2, -0.15) is 15.0 Å². The predicted molar refractivity (Wildman–Crippen MR) is 72.8 cm³/mol. The van der Waals surface area contributed by atoms with Gasteiger partial charge >= 0.3 is 0 Å². The second-order valence-electron chi connectivity index (χ2n) is 4.62. The average molecular weight is 259 g/mol. The Labute approximate surface area is 111 Å². The lowest BCUT2D eigenvalue weighted by Gasteiger charge is -2.15. The molecule has 2 rings (SSSR count). The van der Waals surface area contributed by atoms with E-state index < -0.39 is 6.04 Å². The Morgan fingerprint density at radius 3 is 2.32 bits per heavy atom. The van der Waals surface area contributed by atoms with Crippen LogP contribution in [0, 0.1) is 5.92 Å². The Morgan fingerprint density at radius 2 is 1.79 bits per heavy atom. The molecule has 1 aromatic carbocycles. The van der Waals surface area contributed by atoms with Crippen LogP contribution in [-0.4, -0.2) is 26.9 Å². The Morgan fingerprint density at radius 1 is 1.21 bits per heavy atom. The largest absolute Gasteiger partial charge is 0.325 e. The van der Waals surface area contributed by atoms with Crippen molar-refractivity contribution in [3.05, 3.63) is 36.7 Å². The highest BCUT2D eigenvalue weighted by Crippen LogP contribution is 2.12. The quantitative estimate of drug-likeness (QED) is 0.863. The molecule has 6 nitrogen and oxygen atoms in total. The van der Waals surface area contributed by atoms with E-state index in [-0.39, 0.29) is 11.8 Å². The van der Waals surface area contributed by atoms with E-state index in [9.17, 15) is 4.79 Å². The first kappa shape index (κ1) is 13.2. The number of carbonyl (C=O) groups excluding carboxylic acids is 1. The van der Waals surface area contributed by atoms with Crippen LogP contribution in [-0.2, 0) is 4.79 Å². The SMILES string of the molecule is CC(C)[C@@H](N)C(=O)Nc1ccc(-n2nccn2)cc1. The fraction of sp³-hybridized carbons (Fsp3) is 0.308. The molecule has 1 heterocycles. The van der Waals surface area contributed by atoms with Gasteiger partial charge in [0.15, 0.2) is 0 Å². The third kappa shape index (κ3) is 3.17. The summed E-state index contributed by atoms with van der Waals surface area (Å²) >= 11 is 0. The molecule has 100 valence electrons. The molecule has 19 heavy (non-hydrogen) atoms. The van der Waals surface area contributed by atoms with Gasteiger partial charge < -0.3 is 11.1 Å². The lowest BCUT2D eigenvalue weighted by atomic mass is 10.0. The van der Waals surface area contributed by atoms with Crippen LogP contribution in [0.3, 0.4) is 0 Å². The summed E-state index contributed by atoms with van der Waals surface area (Å²) in [6.07, 6.45) is 3.22. The van der Waals surface area contributed by atoms with Crippen molar-refractivity contribution in [3.63, 3.8) is 0 Å². The molecule has 6 heteroatoms. The Balaban J connectivity index is 2.05. The number of nitrogens with one attached hydrogen (secondary N) is 1. The Hall–Kier alpha value is -2.21. The van der Waals surface area contributed by atoms with E-state index in [1.165, 1.54) is 4.80 Å². The van der Waals surface area contributed by atoms with Crippen molar-refractivity contribution in [1.29, 1.82) is 0 Å². The number of anilines is 1. The van der Waals surface area contributed by atoms with E-state index in [1.54, 1.807) is 24.5 Å². The molecule has 0 radical (unpaired) electrons. The number of nitrogens with two attached hydrogens (primary N) is 1. The third-order valence-corrected chi connectivity index (χ3v) is 2.81. The number of benzene rings is 1. The minimum atomic E-state index is -0.507. The normalized spacial score (nSPS) is 12.4. The van der Waals surface area contributed by atoms with Crippen molar-refractivity contribution in [1.82, 2.24) is 15.0 Å². The molecule has 0 aliphatic carbocycles. The van der Waals surface area contributed by atoms with E-state index >= 15 is 0 Å². The topological polar surface area (TPSA) is 85.8 Å². The number of hydrogen-bond acceptors (Lipinski definition) is 4. The van der Waals surface area contributed by atoms with Crippen LogP contribution in [0.1, 0.15) is 13.8 Å². The maximum absolute atomic E-state index is 11.8. The van der Waals surface area contributed by atoms with Crippen LogP contribution < -0.4 is 11.1 Å². The fourth-order valence-corrected chi connectivity index (χ4v) is 1.56.